The van der Waals surface area contributed by atoms with Gasteiger partial charge in [-0.25, -0.2) is 0 Å². The van der Waals surface area contributed by atoms with Gasteiger partial charge in [0, 0.05) is 6.61 Å². The van der Waals surface area contributed by atoms with E-state index in [1.54, 1.807) is 6.08 Å². The Morgan fingerprint density at radius 1 is 1.60 bits per heavy atom. The average molecular weight is 207 g/mol. The van der Waals surface area contributed by atoms with E-state index in [9.17, 15) is 0 Å². The average Bonchev–Trinajstić information content (AvgIpc) is 1.98. The van der Waals surface area contributed by atoms with E-state index in [-0.39, 0.29) is 5.01 Å². The fraction of sp³-hybridized carbons (Fsp3) is 0.750. The molecule has 1 nitrogen and oxygen atoms in total. The molecule has 0 heterocycles. The fourth-order valence-electron chi connectivity index (χ4n) is 0.616. The second-order valence-electron chi connectivity index (χ2n) is 2.16. The molecule has 0 aliphatic carbocycles. The van der Waals surface area contributed by atoms with Crippen LogP contribution in [0.15, 0.2) is 12.7 Å². The van der Waals surface area contributed by atoms with Crippen molar-refractivity contribution in [2.24, 2.45) is 0 Å². The number of ether oxygens (including phenoxy) is 1. The number of hydrogen-bond donors (Lipinski definition) is 0. The quantitative estimate of drug-likeness (QED) is 0.369. The highest BCUT2D eigenvalue weighted by Crippen LogP contribution is 2.04. The molecule has 0 saturated heterocycles. The topological polar surface area (TPSA) is 9.23 Å². The van der Waals surface area contributed by atoms with Gasteiger partial charge >= 0.3 is 0 Å². The van der Waals surface area contributed by atoms with Crippen LogP contribution in [0.4, 0.5) is 0 Å². The van der Waals surface area contributed by atoms with E-state index in [0.717, 1.165) is 13.0 Å². The van der Waals surface area contributed by atoms with Crippen LogP contribution in [0.25, 0.3) is 0 Å². The predicted octanol–water partition coefficient (Wildman–Crippen LogP) is 3.10. The number of rotatable bonds is 6. The number of halogens is 1. The van der Waals surface area contributed by atoms with Crippen LogP contribution in [0.2, 0.25) is 0 Å². The summed E-state index contributed by atoms with van der Waals surface area (Å²) in [5, 5.41) is 0.0318. The molecule has 0 bridgehead atoms. The Hall–Kier alpha value is 0.180. The minimum absolute atomic E-state index is 0.0318. The molecule has 0 aromatic heterocycles. The Balaban J connectivity index is 2.95. The lowest BCUT2D eigenvalue weighted by molar-refractivity contribution is 0.140. The van der Waals surface area contributed by atoms with Crippen molar-refractivity contribution in [3.8, 4) is 0 Å². The zero-order valence-electron chi connectivity index (χ0n) is 6.48. The van der Waals surface area contributed by atoms with Crippen LogP contribution in [0, 0.1) is 0 Å². The molecule has 10 heavy (non-hydrogen) atoms. The maximum atomic E-state index is 5.29. The smallest absolute Gasteiger partial charge is 0.130 e. The molecule has 0 spiro atoms. The van der Waals surface area contributed by atoms with Gasteiger partial charge in [-0.3, -0.25) is 0 Å². The largest absolute Gasteiger partial charge is 0.363 e. The summed E-state index contributed by atoms with van der Waals surface area (Å²) in [6, 6.07) is 0. The maximum absolute atomic E-state index is 5.29. The van der Waals surface area contributed by atoms with Crippen LogP contribution in [-0.2, 0) is 4.74 Å². The number of unbranched alkanes of at least 4 members (excludes halogenated alkanes) is 2. The molecule has 0 aliphatic heterocycles. The van der Waals surface area contributed by atoms with E-state index >= 15 is 0 Å². The zero-order chi connectivity index (χ0) is 7.82. The second-order valence-corrected chi connectivity index (χ2v) is 3.07. The molecule has 0 radical (unpaired) electrons. The SMILES string of the molecule is C=CC(Br)OCCCCC. The first-order chi connectivity index (χ1) is 4.81. The van der Waals surface area contributed by atoms with Gasteiger partial charge in [-0.2, -0.15) is 0 Å². The lowest BCUT2D eigenvalue weighted by Crippen LogP contribution is -2.01. The molecule has 0 aliphatic rings. The summed E-state index contributed by atoms with van der Waals surface area (Å²) in [6.45, 7) is 6.60. The first kappa shape index (κ1) is 10.2. The number of hydrogen-bond acceptors (Lipinski definition) is 1. The lowest BCUT2D eigenvalue weighted by Gasteiger charge is -2.04. The van der Waals surface area contributed by atoms with Crippen molar-refractivity contribution in [3.63, 3.8) is 0 Å². The van der Waals surface area contributed by atoms with E-state index in [1.807, 2.05) is 0 Å². The van der Waals surface area contributed by atoms with E-state index < -0.39 is 0 Å². The minimum atomic E-state index is 0.0318. The number of alkyl halides is 1. The van der Waals surface area contributed by atoms with Gasteiger partial charge in [0.25, 0.3) is 0 Å². The van der Waals surface area contributed by atoms with Crippen LogP contribution in [0.3, 0.4) is 0 Å². The maximum Gasteiger partial charge on any atom is 0.130 e. The van der Waals surface area contributed by atoms with Gasteiger partial charge in [0.05, 0.1) is 0 Å². The minimum Gasteiger partial charge on any atom is -0.363 e. The van der Waals surface area contributed by atoms with E-state index in [1.165, 1.54) is 12.8 Å². The van der Waals surface area contributed by atoms with Crippen LogP contribution in [-0.4, -0.2) is 11.6 Å². The molecule has 1 unspecified atom stereocenters. The van der Waals surface area contributed by atoms with Crippen LogP contribution >= 0.6 is 15.9 Å². The summed E-state index contributed by atoms with van der Waals surface area (Å²) in [5.41, 5.74) is 0. The van der Waals surface area contributed by atoms with Crippen molar-refractivity contribution in [1.29, 1.82) is 0 Å². The van der Waals surface area contributed by atoms with Crippen molar-refractivity contribution in [2.45, 2.75) is 31.2 Å². The Morgan fingerprint density at radius 3 is 2.80 bits per heavy atom. The molecular formula is C8H15BrO. The molecule has 1 atom stereocenters. The van der Waals surface area contributed by atoms with Gasteiger partial charge in [0.1, 0.15) is 5.01 Å². The highest BCUT2D eigenvalue weighted by Gasteiger charge is 1.94. The Labute approximate surface area is 71.6 Å². The molecule has 60 valence electrons. The molecule has 0 rings (SSSR count). The Bertz CT molecular complexity index is 83.3. The summed E-state index contributed by atoms with van der Waals surface area (Å²) in [7, 11) is 0. The molecule has 0 aromatic carbocycles. The van der Waals surface area contributed by atoms with Gasteiger partial charge in [-0.05, 0) is 6.42 Å². The fourth-order valence-corrected chi connectivity index (χ4v) is 0.803. The summed E-state index contributed by atoms with van der Waals surface area (Å²) >= 11 is 3.29. The normalized spacial score (nSPS) is 13.0. The summed E-state index contributed by atoms with van der Waals surface area (Å²) < 4.78 is 5.29. The summed E-state index contributed by atoms with van der Waals surface area (Å²) in [4.78, 5) is 0. The van der Waals surface area contributed by atoms with E-state index in [0.29, 0.717) is 0 Å². The van der Waals surface area contributed by atoms with Gasteiger partial charge in [0.15, 0.2) is 0 Å². The molecule has 2 heteroatoms. The van der Waals surface area contributed by atoms with Crippen LogP contribution in [0.1, 0.15) is 26.2 Å². The van der Waals surface area contributed by atoms with Crippen molar-refractivity contribution in [3.05, 3.63) is 12.7 Å². The van der Waals surface area contributed by atoms with Gasteiger partial charge in [-0.1, -0.05) is 48.4 Å². The van der Waals surface area contributed by atoms with Crippen LogP contribution in [0.5, 0.6) is 0 Å². The predicted molar refractivity (Wildman–Crippen MR) is 48.4 cm³/mol. The lowest BCUT2D eigenvalue weighted by atomic mass is 10.3. The van der Waals surface area contributed by atoms with Crippen molar-refractivity contribution in [1.82, 2.24) is 0 Å². The molecule has 0 aromatic rings. The highest BCUT2D eigenvalue weighted by atomic mass is 79.9. The molecule has 0 amide bonds. The first-order valence-corrected chi connectivity index (χ1v) is 4.61. The highest BCUT2D eigenvalue weighted by molar-refractivity contribution is 9.09. The standard InChI is InChI=1S/C8H15BrO/c1-3-5-6-7-10-8(9)4-2/h4,8H,2-3,5-7H2,1H3. The molecule has 0 saturated carbocycles. The zero-order valence-corrected chi connectivity index (χ0v) is 8.06. The Kier molecular flexibility index (Phi) is 7.42. The third-order valence-electron chi connectivity index (χ3n) is 1.21. The van der Waals surface area contributed by atoms with Crippen LogP contribution < -0.4 is 0 Å². The third-order valence-corrected chi connectivity index (χ3v) is 1.85. The molecule has 0 fully saturated rings. The van der Waals surface area contributed by atoms with Crippen molar-refractivity contribution in [2.75, 3.05) is 6.61 Å². The van der Waals surface area contributed by atoms with E-state index in [4.69, 9.17) is 4.74 Å². The van der Waals surface area contributed by atoms with Gasteiger partial charge in [0.2, 0.25) is 0 Å². The molecular weight excluding hydrogens is 192 g/mol. The summed E-state index contributed by atoms with van der Waals surface area (Å²) in [5.74, 6) is 0. The van der Waals surface area contributed by atoms with Gasteiger partial charge in [-0.15, -0.1) is 0 Å². The summed E-state index contributed by atoms with van der Waals surface area (Å²) in [6.07, 6.45) is 5.37. The molecule has 0 N–H and O–H groups in total. The monoisotopic (exact) mass is 206 g/mol. The first-order valence-electron chi connectivity index (χ1n) is 3.69. The third kappa shape index (κ3) is 6.30. The second kappa shape index (κ2) is 7.29. The van der Waals surface area contributed by atoms with E-state index in [2.05, 4.69) is 29.4 Å². The Morgan fingerprint density at radius 2 is 2.30 bits per heavy atom. The van der Waals surface area contributed by atoms with Gasteiger partial charge < -0.3 is 4.74 Å². The van der Waals surface area contributed by atoms with Crippen molar-refractivity contribution < 1.29 is 4.74 Å². The van der Waals surface area contributed by atoms with Crippen molar-refractivity contribution >= 4 is 15.9 Å².